The Bertz CT molecular complexity index is 1480. The molecule has 17 heteroatoms. The zero-order chi connectivity index (χ0) is 35.3. The molecule has 0 aliphatic carbocycles. The summed E-state index contributed by atoms with van der Waals surface area (Å²) in [6, 6.07) is 16.8. The van der Waals surface area contributed by atoms with Gasteiger partial charge in [0.05, 0.1) is 25.4 Å². The van der Waals surface area contributed by atoms with Crippen LogP contribution in [-0.4, -0.2) is 98.1 Å². The maximum absolute atomic E-state index is 10.9. The van der Waals surface area contributed by atoms with Crippen molar-refractivity contribution in [3.63, 3.8) is 0 Å². The second-order valence-corrected chi connectivity index (χ2v) is 18.5. The van der Waals surface area contributed by atoms with Crippen molar-refractivity contribution in [3.8, 4) is 0 Å². The van der Waals surface area contributed by atoms with Crippen molar-refractivity contribution in [2.45, 2.75) is 113 Å². The molecule has 4 saturated heterocycles. The quantitative estimate of drug-likeness (QED) is 0.162. The van der Waals surface area contributed by atoms with Crippen LogP contribution in [0.3, 0.4) is 0 Å². The second-order valence-electron chi connectivity index (χ2n) is 13.7. The average Bonchev–Trinajstić information content (AvgIpc) is 3.08. The number of ether oxygens (including phenoxy) is 6. The number of hydrogen-bond donors (Lipinski definition) is 3. The summed E-state index contributed by atoms with van der Waals surface area (Å²) in [7, 11) is -2.22. The van der Waals surface area contributed by atoms with E-state index in [1.807, 2.05) is 60.7 Å². The molecule has 266 valence electrons. The van der Waals surface area contributed by atoms with Crippen molar-refractivity contribution < 1.29 is 48.2 Å². The van der Waals surface area contributed by atoms with E-state index in [-0.39, 0.29) is 18.3 Å². The van der Waals surface area contributed by atoms with E-state index in [1.165, 1.54) is 0 Å². The van der Waals surface area contributed by atoms with Crippen molar-refractivity contribution in [1.29, 1.82) is 0 Å². The minimum absolute atomic E-state index is 0.0585. The molecule has 4 heterocycles. The molecule has 0 radical (unpaired) electrons. The van der Waals surface area contributed by atoms with Crippen molar-refractivity contribution in [2.24, 2.45) is 10.2 Å². The normalized spacial score (nSPS) is 36.0. The van der Waals surface area contributed by atoms with Gasteiger partial charge in [0.2, 0.25) is 0 Å². The maximum Gasteiger partial charge on any atom is 0.195 e. The molecule has 0 spiro atoms. The van der Waals surface area contributed by atoms with Crippen LogP contribution in [0, 0.1) is 0 Å². The van der Waals surface area contributed by atoms with Gasteiger partial charge in [0.25, 0.3) is 0 Å². The lowest BCUT2D eigenvalue weighted by molar-refractivity contribution is -0.335. The van der Waals surface area contributed by atoms with Crippen LogP contribution in [0.4, 0.5) is 0 Å². The van der Waals surface area contributed by atoms with Crippen LogP contribution in [0.2, 0.25) is 18.1 Å². The number of rotatable bonds is 6. The molecular formula is C32H44N6O10Si. The predicted octanol–water partition coefficient (Wildman–Crippen LogP) is 4.74. The summed E-state index contributed by atoms with van der Waals surface area (Å²) in [5.74, 6) is 0. The Kier molecular flexibility index (Phi) is 12.0. The van der Waals surface area contributed by atoms with Crippen LogP contribution in [0.15, 0.2) is 70.9 Å². The number of aliphatic hydroxyl groups excluding tert-OH is 3. The van der Waals surface area contributed by atoms with Crippen LogP contribution in [0.5, 0.6) is 0 Å². The number of hydrogen-bond acceptors (Lipinski definition) is 12. The molecule has 3 N–H and O–H groups in total. The molecule has 7 unspecified atom stereocenters. The fourth-order valence-corrected chi connectivity index (χ4v) is 6.79. The highest BCUT2D eigenvalue weighted by Gasteiger charge is 2.52. The van der Waals surface area contributed by atoms with Crippen LogP contribution >= 0.6 is 0 Å². The molecule has 2 aromatic carbocycles. The van der Waals surface area contributed by atoms with E-state index < -0.39 is 82.2 Å². The number of nitrogens with zero attached hydrogens (tertiary/aromatic N) is 6. The van der Waals surface area contributed by atoms with E-state index in [9.17, 15) is 15.3 Å². The summed E-state index contributed by atoms with van der Waals surface area (Å²) in [6.45, 7) is 10.9. The lowest BCUT2D eigenvalue weighted by Gasteiger charge is -2.49. The van der Waals surface area contributed by atoms with Crippen LogP contribution in [0.1, 0.15) is 44.5 Å². The first-order chi connectivity index (χ1) is 23.3. The third-order valence-corrected chi connectivity index (χ3v) is 13.8. The van der Waals surface area contributed by atoms with Crippen LogP contribution < -0.4 is 0 Å². The zero-order valence-corrected chi connectivity index (χ0v) is 29.0. The van der Waals surface area contributed by atoms with Crippen LogP contribution in [-0.2, 0) is 32.8 Å². The predicted molar refractivity (Wildman–Crippen MR) is 176 cm³/mol. The molecule has 2 aromatic rings. The molecule has 0 saturated carbocycles. The Morgan fingerprint density at radius 2 is 1.16 bits per heavy atom. The monoisotopic (exact) mass is 700 g/mol. The molecule has 0 bridgehead atoms. The highest BCUT2D eigenvalue weighted by Crippen LogP contribution is 2.41. The molecule has 0 amide bonds. The van der Waals surface area contributed by atoms with Gasteiger partial charge in [-0.15, -0.1) is 0 Å². The minimum Gasteiger partial charge on any atom is -0.392 e. The third kappa shape index (κ3) is 8.44. The molecular weight excluding hydrogens is 656 g/mol. The van der Waals surface area contributed by atoms with Crippen molar-refractivity contribution >= 4 is 8.32 Å². The SMILES string of the molecule is CC(C)(C)[Si](C)(C)O[C@@H]1OC2COC(c3ccccc3)O[C@H]2[C@H](O)C1N=[N+]=[N-].[N-]=[N+]=NC1C(O)OC2COC(c3ccccc3)O[C@H]2[C@@H]1O. The van der Waals surface area contributed by atoms with Gasteiger partial charge in [0, 0.05) is 21.0 Å². The lowest BCUT2D eigenvalue weighted by Crippen LogP contribution is -2.63. The van der Waals surface area contributed by atoms with E-state index in [2.05, 4.69) is 53.9 Å². The fourth-order valence-electron chi connectivity index (χ4n) is 5.66. The van der Waals surface area contributed by atoms with Gasteiger partial charge in [0.15, 0.2) is 33.5 Å². The van der Waals surface area contributed by atoms with E-state index >= 15 is 0 Å². The standard InChI is InChI=1S/C19H29N3O5Si.C13H15N3O5/c1-19(2,3)28(4,5)27-18-14(21-22-20)15(23)16-13(25-18)11-24-17(26-16)12-9-7-6-8-10-12;14-16-15-9-10(17)11-8(20-12(9)18)6-19-13(21-11)7-4-2-1-3-5-7/h6-10,13-18,23H,11H2,1-5H3;1-5,8-13,17-18H,6H2/t13?,14?,15-,16-,17?,18+;8?,9?,10-,11-,12?,13?/m11/s1. The molecule has 4 aliphatic rings. The highest BCUT2D eigenvalue weighted by molar-refractivity contribution is 6.74. The molecule has 4 aliphatic heterocycles. The lowest BCUT2D eigenvalue weighted by atomic mass is 9.96. The Morgan fingerprint density at radius 1 is 0.714 bits per heavy atom. The first-order valence-electron chi connectivity index (χ1n) is 16.1. The number of aliphatic hydroxyl groups is 3. The van der Waals surface area contributed by atoms with E-state index in [4.69, 9.17) is 43.9 Å². The summed E-state index contributed by atoms with van der Waals surface area (Å²) >= 11 is 0. The first-order valence-corrected chi connectivity index (χ1v) is 19.0. The van der Waals surface area contributed by atoms with E-state index in [0.717, 1.165) is 11.1 Å². The van der Waals surface area contributed by atoms with Gasteiger partial charge in [-0.05, 0) is 29.2 Å². The van der Waals surface area contributed by atoms with Gasteiger partial charge in [-0.25, -0.2) is 0 Å². The van der Waals surface area contributed by atoms with Gasteiger partial charge in [-0.1, -0.05) is 91.7 Å². The van der Waals surface area contributed by atoms with Gasteiger partial charge in [0.1, 0.15) is 36.5 Å². The fraction of sp³-hybridized carbons (Fsp3) is 0.625. The van der Waals surface area contributed by atoms with Crippen molar-refractivity contribution in [2.75, 3.05) is 13.2 Å². The van der Waals surface area contributed by atoms with Crippen molar-refractivity contribution in [3.05, 3.63) is 92.7 Å². The molecule has 16 nitrogen and oxygen atoms in total. The Hall–Kier alpha value is -3.12. The van der Waals surface area contributed by atoms with Gasteiger partial charge < -0.3 is 48.2 Å². The molecule has 49 heavy (non-hydrogen) atoms. The third-order valence-electron chi connectivity index (χ3n) is 9.42. The van der Waals surface area contributed by atoms with E-state index in [1.54, 1.807) is 0 Å². The summed E-state index contributed by atoms with van der Waals surface area (Å²) in [5, 5.41) is 38.0. The summed E-state index contributed by atoms with van der Waals surface area (Å²) in [5.41, 5.74) is 19.2. The Morgan fingerprint density at radius 3 is 1.63 bits per heavy atom. The van der Waals surface area contributed by atoms with Crippen molar-refractivity contribution in [1.82, 2.24) is 0 Å². The van der Waals surface area contributed by atoms with Gasteiger partial charge in [-0.2, -0.15) is 0 Å². The summed E-state index contributed by atoms with van der Waals surface area (Å²) in [6.07, 6.45) is -8.19. The largest absolute Gasteiger partial charge is 0.392 e. The second kappa shape index (κ2) is 15.8. The molecule has 4 fully saturated rings. The van der Waals surface area contributed by atoms with Crippen LogP contribution in [0.25, 0.3) is 20.9 Å². The number of fused-ring (bicyclic) bond motifs is 2. The first kappa shape index (κ1) is 37.1. The maximum atomic E-state index is 10.9. The average molecular weight is 701 g/mol. The number of azide groups is 2. The molecule has 6 rings (SSSR count). The topological polar surface area (TPSA) is 223 Å². The van der Waals surface area contributed by atoms with Gasteiger partial charge in [-0.3, -0.25) is 0 Å². The Balaban J connectivity index is 0.000000199. The molecule has 0 aromatic heterocycles. The van der Waals surface area contributed by atoms with Gasteiger partial charge >= 0.3 is 0 Å². The summed E-state index contributed by atoms with van der Waals surface area (Å²) < 4.78 is 40.8. The smallest absolute Gasteiger partial charge is 0.195 e. The zero-order valence-electron chi connectivity index (χ0n) is 28.0. The van der Waals surface area contributed by atoms with E-state index in [0.29, 0.717) is 0 Å². The highest BCUT2D eigenvalue weighted by atomic mass is 28.4. The Labute approximate surface area is 285 Å². The minimum atomic E-state index is -2.22. The summed E-state index contributed by atoms with van der Waals surface area (Å²) in [4.78, 5) is 5.51. The molecule has 12 atom stereocenters. The number of benzene rings is 2.